The molecule has 5 nitrogen and oxygen atoms in total. The first-order valence-electron chi connectivity index (χ1n) is 8.02. The SMILES string of the molecule is CCCNC1CCCCN(CC(=O)N2CCCC2)C1=O. The van der Waals surface area contributed by atoms with E-state index in [4.69, 9.17) is 0 Å². The average Bonchev–Trinajstić information content (AvgIpc) is 2.93. The molecule has 0 spiro atoms. The summed E-state index contributed by atoms with van der Waals surface area (Å²) in [5.41, 5.74) is 0. The zero-order valence-electron chi connectivity index (χ0n) is 12.6. The van der Waals surface area contributed by atoms with Gasteiger partial charge in [-0.15, -0.1) is 0 Å². The van der Waals surface area contributed by atoms with Crippen LogP contribution in [0, 0.1) is 0 Å². The van der Waals surface area contributed by atoms with Crippen molar-refractivity contribution in [2.45, 2.75) is 51.5 Å². The zero-order valence-corrected chi connectivity index (χ0v) is 12.6. The maximum absolute atomic E-state index is 12.5. The van der Waals surface area contributed by atoms with Gasteiger partial charge in [0, 0.05) is 19.6 Å². The van der Waals surface area contributed by atoms with Gasteiger partial charge in [-0.1, -0.05) is 6.92 Å². The average molecular weight is 281 g/mol. The topological polar surface area (TPSA) is 52.7 Å². The molecule has 1 N–H and O–H groups in total. The first kappa shape index (κ1) is 15.3. The van der Waals surface area contributed by atoms with Crippen LogP contribution >= 0.6 is 0 Å². The van der Waals surface area contributed by atoms with Gasteiger partial charge in [0.2, 0.25) is 11.8 Å². The molecule has 0 saturated carbocycles. The minimum Gasteiger partial charge on any atom is -0.341 e. The Bertz CT molecular complexity index is 340. The largest absolute Gasteiger partial charge is 0.341 e. The number of rotatable bonds is 5. The lowest BCUT2D eigenvalue weighted by Gasteiger charge is -2.26. The van der Waals surface area contributed by atoms with Crippen LogP contribution in [-0.4, -0.2) is 60.4 Å². The van der Waals surface area contributed by atoms with E-state index < -0.39 is 0 Å². The molecule has 2 saturated heterocycles. The third kappa shape index (κ3) is 3.95. The molecular formula is C15H27N3O2. The molecule has 2 aliphatic heterocycles. The molecule has 0 radical (unpaired) electrons. The lowest BCUT2D eigenvalue weighted by Crippen LogP contribution is -2.49. The number of carbonyl (C=O) groups is 2. The number of amides is 2. The van der Waals surface area contributed by atoms with Crippen LogP contribution < -0.4 is 5.32 Å². The number of carbonyl (C=O) groups excluding carboxylic acids is 2. The predicted octanol–water partition coefficient (Wildman–Crippen LogP) is 0.989. The van der Waals surface area contributed by atoms with E-state index in [2.05, 4.69) is 12.2 Å². The van der Waals surface area contributed by atoms with Crippen molar-refractivity contribution in [1.29, 1.82) is 0 Å². The highest BCUT2D eigenvalue weighted by Crippen LogP contribution is 2.14. The molecule has 0 aromatic rings. The van der Waals surface area contributed by atoms with Crippen molar-refractivity contribution in [3.8, 4) is 0 Å². The lowest BCUT2D eigenvalue weighted by atomic mass is 10.1. The predicted molar refractivity (Wildman–Crippen MR) is 78.3 cm³/mol. The molecule has 1 atom stereocenters. The van der Waals surface area contributed by atoms with Crippen molar-refractivity contribution in [2.75, 3.05) is 32.7 Å². The van der Waals surface area contributed by atoms with Gasteiger partial charge >= 0.3 is 0 Å². The second-order valence-electron chi connectivity index (χ2n) is 5.85. The lowest BCUT2D eigenvalue weighted by molar-refractivity contribution is -0.140. The van der Waals surface area contributed by atoms with Crippen LogP contribution in [0.25, 0.3) is 0 Å². The smallest absolute Gasteiger partial charge is 0.242 e. The molecule has 114 valence electrons. The highest BCUT2D eigenvalue weighted by Gasteiger charge is 2.29. The fourth-order valence-electron chi connectivity index (χ4n) is 3.00. The van der Waals surface area contributed by atoms with Crippen LogP contribution in [-0.2, 0) is 9.59 Å². The molecule has 20 heavy (non-hydrogen) atoms. The summed E-state index contributed by atoms with van der Waals surface area (Å²) in [7, 11) is 0. The molecule has 0 aliphatic carbocycles. The summed E-state index contributed by atoms with van der Waals surface area (Å²) in [6.45, 7) is 5.68. The Morgan fingerprint density at radius 3 is 2.60 bits per heavy atom. The van der Waals surface area contributed by atoms with E-state index >= 15 is 0 Å². The summed E-state index contributed by atoms with van der Waals surface area (Å²) in [6, 6.07) is -0.0937. The van der Waals surface area contributed by atoms with Crippen molar-refractivity contribution < 1.29 is 9.59 Å². The molecular weight excluding hydrogens is 254 g/mol. The zero-order chi connectivity index (χ0) is 14.4. The van der Waals surface area contributed by atoms with E-state index in [0.717, 1.165) is 64.7 Å². The number of hydrogen-bond acceptors (Lipinski definition) is 3. The summed E-state index contributed by atoms with van der Waals surface area (Å²) in [6.07, 6.45) is 6.18. The van der Waals surface area contributed by atoms with Crippen LogP contribution in [0.3, 0.4) is 0 Å². The van der Waals surface area contributed by atoms with Crippen molar-refractivity contribution in [1.82, 2.24) is 15.1 Å². The summed E-state index contributed by atoms with van der Waals surface area (Å²) >= 11 is 0. The molecule has 0 aromatic heterocycles. The van der Waals surface area contributed by atoms with Gasteiger partial charge in [-0.3, -0.25) is 9.59 Å². The Labute approximate surface area is 121 Å². The Balaban J connectivity index is 1.90. The molecule has 5 heteroatoms. The van der Waals surface area contributed by atoms with Crippen LogP contribution in [0.5, 0.6) is 0 Å². The quantitative estimate of drug-likeness (QED) is 0.817. The van der Waals surface area contributed by atoms with Crippen LogP contribution in [0.2, 0.25) is 0 Å². The first-order valence-corrected chi connectivity index (χ1v) is 8.02. The van der Waals surface area contributed by atoms with Gasteiger partial charge in [-0.25, -0.2) is 0 Å². The van der Waals surface area contributed by atoms with E-state index in [-0.39, 0.29) is 24.4 Å². The highest BCUT2D eigenvalue weighted by molar-refractivity contribution is 5.87. The third-order valence-electron chi connectivity index (χ3n) is 4.21. The Kier molecular flexibility index (Phi) is 5.83. The fraction of sp³-hybridized carbons (Fsp3) is 0.867. The number of nitrogens with zero attached hydrogens (tertiary/aromatic N) is 2. The van der Waals surface area contributed by atoms with E-state index in [1.807, 2.05) is 4.90 Å². The third-order valence-corrected chi connectivity index (χ3v) is 4.21. The van der Waals surface area contributed by atoms with E-state index in [9.17, 15) is 9.59 Å². The summed E-state index contributed by atoms with van der Waals surface area (Å²) in [4.78, 5) is 28.4. The molecule has 2 rings (SSSR count). The minimum absolute atomic E-state index is 0.0937. The first-order chi connectivity index (χ1) is 9.72. The van der Waals surface area contributed by atoms with E-state index in [0.29, 0.717) is 0 Å². The van der Waals surface area contributed by atoms with Crippen molar-refractivity contribution in [2.24, 2.45) is 0 Å². The van der Waals surface area contributed by atoms with Crippen molar-refractivity contribution >= 4 is 11.8 Å². The highest BCUT2D eigenvalue weighted by atomic mass is 16.2. The summed E-state index contributed by atoms with van der Waals surface area (Å²) in [5.74, 6) is 0.232. The maximum atomic E-state index is 12.5. The fourth-order valence-corrected chi connectivity index (χ4v) is 3.00. The Hall–Kier alpha value is -1.10. The van der Waals surface area contributed by atoms with Gasteiger partial charge in [0.15, 0.2) is 0 Å². The second-order valence-corrected chi connectivity index (χ2v) is 5.85. The van der Waals surface area contributed by atoms with E-state index in [1.54, 1.807) is 4.90 Å². The molecule has 2 aliphatic rings. The van der Waals surface area contributed by atoms with Crippen LogP contribution in [0.15, 0.2) is 0 Å². The van der Waals surface area contributed by atoms with Crippen molar-refractivity contribution in [3.63, 3.8) is 0 Å². The molecule has 0 aromatic carbocycles. The normalized spacial score (nSPS) is 24.1. The van der Waals surface area contributed by atoms with Gasteiger partial charge in [0.1, 0.15) is 0 Å². The molecule has 0 bridgehead atoms. The molecule has 2 amide bonds. The summed E-state index contributed by atoms with van der Waals surface area (Å²) < 4.78 is 0. The second kappa shape index (κ2) is 7.62. The molecule has 1 unspecified atom stereocenters. The number of nitrogens with one attached hydrogen (secondary N) is 1. The summed E-state index contributed by atoms with van der Waals surface area (Å²) in [5, 5.41) is 3.32. The van der Waals surface area contributed by atoms with Gasteiger partial charge in [-0.2, -0.15) is 0 Å². The maximum Gasteiger partial charge on any atom is 0.242 e. The van der Waals surface area contributed by atoms with Crippen molar-refractivity contribution in [3.05, 3.63) is 0 Å². The van der Waals surface area contributed by atoms with Gasteiger partial charge in [0.05, 0.1) is 12.6 Å². The minimum atomic E-state index is -0.0937. The van der Waals surface area contributed by atoms with Gasteiger partial charge in [0.25, 0.3) is 0 Å². The Morgan fingerprint density at radius 2 is 1.90 bits per heavy atom. The van der Waals surface area contributed by atoms with Gasteiger partial charge in [-0.05, 0) is 45.1 Å². The standard InChI is InChI=1S/C15H27N3O2/c1-2-8-16-13-7-3-4-11-18(15(13)20)12-14(19)17-9-5-6-10-17/h13,16H,2-12H2,1H3. The molecule has 2 heterocycles. The Morgan fingerprint density at radius 1 is 1.20 bits per heavy atom. The molecule has 2 fully saturated rings. The number of likely N-dealkylation sites (tertiary alicyclic amines) is 2. The van der Waals surface area contributed by atoms with Crippen LogP contribution in [0.4, 0.5) is 0 Å². The van der Waals surface area contributed by atoms with E-state index in [1.165, 1.54) is 0 Å². The number of hydrogen-bond donors (Lipinski definition) is 1. The van der Waals surface area contributed by atoms with Gasteiger partial charge < -0.3 is 15.1 Å². The van der Waals surface area contributed by atoms with Crippen LogP contribution in [0.1, 0.15) is 45.4 Å². The monoisotopic (exact) mass is 281 g/mol.